The van der Waals surface area contributed by atoms with Gasteiger partial charge in [-0.1, -0.05) is 23.2 Å². The predicted molar refractivity (Wildman–Crippen MR) is 113 cm³/mol. The second kappa shape index (κ2) is 8.26. The van der Waals surface area contributed by atoms with Crippen LogP contribution in [0.4, 0.5) is 11.6 Å². The molecule has 1 saturated heterocycles. The molecule has 0 spiro atoms. The minimum absolute atomic E-state index is 0.0269. The first-order chi connectivity index (χ1) is 13.5. The van der Waals surface area contributed by atoms with Crippen LogP contribution in [0.1, 0.15) is 31.4 Å². The van der Waals surface area contributed by atoms with Crippen molar-refractivity contribution in [1.82, 2.24) is 9.97 Å². The Morgan fingerprint density at radius 3 is 2.43 bits per heavy atom. The van der Waals surface area contributed by atoms with Crippen LogP contribution in [0, 0.1) is 18.8 Å². The van der Waals surface area contributed by atoms with E-state index in [0.29, 0.717) is 21.9 Å². The van der Waals surface area contributed by atoms with Crippen LogP contribution in [-0.2, 0) is 4.79 Å². The maximum atomic E-state index is 13.3. The van der Waals surface area contributed by atoms with Crippen molar-refractivity contribution in [2.75, 3.05) is 29.4 Å². The van der Waals surface area contributed by atoms with Crippen molar-refractivity contribution < 1.29 is 4.79 Å². The molecule has 1 amide bonds. The highest BCUT2D eigenvalue weighted by atomic mass is 35.5. The Bertz CT molecular complexity index is 846. The summed E-state index contributed by atoms with van der Waals surface area (Å²) in [4.78, 5) is 26.2. The number of piperidine rings is 1. The van der Waals surface area contributed by atoms with Gasteiger partial charge in [0.25, 0.3) is 0 Å². The summed E-state index contributed by atoms with van der Waals surface area (Å²) in [6.07, 6.45) is 5.68. The van der Waals surface area contributed by atoms with Crippen LogP contribution in [0.3, 0.4) is 0 Å². The molecule has 4 rings (SSSR count). The number of anilines is 2. The molecule has 1 aliphatic heterocycles. The summed E-state index contributed by atoms with van der Waals surface area (Å²) in [6, 6.07) is 7.60. The maximum absolute atomic E-state index is 13.3. The standard InChI is InChI=1S/C21H24Cl2N4O/c1-14-19(23)12-24-21(25-14)26-10-8-16(9-11-26)20(28)27(13-15-2-3-15)18-6-4-17(22)5-7-18/h4-7,12,15-16H,2-3,8-11,13H2,1H3. The van der Waals surface area contributed by atoms with Crippen LogP contribution in [0.15, 0.2) is 30.5 Å². The molecule has 28 heavy (non-hydrogen) atoms. The summed E-state index contributed by atoms with van der Waals surface area (Å²) < 4.78 is 0. The average molecular weight is 419 g/mol. The third kappa shape index (κ3) is 4.41. The molecule has 1 aromatic carbocycles. The van der Waals surface area contributed by atoms with Crippen LogP contribution in [0.25, 0.3) is 0 Å². The van der Waals surface area contributed by atoms with Crippen molar-refractivity contribution in [3.63, 3.8) is 0 Å². The van der Waals surface area contributed by atoms with E-state index in [1.54, 1.807) is 6.20 Å². The first-order valence-electron chi connectivity index (χ1n) is 9.82. The zero-order chi connectivity index (χ0) is 19.7. The molecular formula is C21H24Cl2N4O. The minimum atomic E-state index is 0.0269. The molecule has 1 saturated carbocycles. The zero-order valence-corrected chi connectivity index (χ0v) is 17.5. The number of aromatic nitrogens is 2. The Morgan fingerprint density at radius 2 is 1.82 bits per heavy atom. The van der Waals surface area contributed by atoms with Gasteiger partial charge in [-0.05, 0) is 62.8 Å². The fourth-order valence-corrected chi connectivity index (χ4v) is 3.86. The summed E-state index contributed by atoms with van der Waals surface area (Å²) in [5.41, 5.74) is 1.73. The highest BCUT2D eigenvalue weighted by Crippen LogP contribution is 2.33. The van der Waals surface area contributed by atoms with Gasteiger partial charge in [0.2, 0.25) is 11.9 Å². The van der Waals surface area contributed by atoms with Crippen LogP contribution >= 0.6 is 23.2 Å². The van der Waals surface area contributed by atoms with Gasteiger partial charge in [0.15, 0.2) is 0 Å². The molecule has 0 atom stereocenters. The number of carbonyl (C=O) groups excluding carboxylic acids is 1. The molecule has 2 aliphatic rings. The molecular weight excluding hydrogens is 395 g/mol. The molecule has 2 heterocycles. The van der Waals surface area contributed by atoms with E-state index in [4.69, 9.17) is 23.2 Å². The summed E-state index contributed by atoms with van der Waals surface area (Å²) in [7, 11) is 0. The van der Waals surface area contributed by atoms with Crippen molar-refractivity contribution in [2.45, 2.75) is 32.6 Å². The van der Waals surface area contributed by atoms with E-state index in [1.165, 1.54) is 12.8 Å². The molecule has 0 N–H and O–H groups in total. The second-order valence-corrected chi connectivity index (χ2v) is 8.58. The van der Waals surface area contributed by atoms with E-state index in [0.717, 1.165) is 43.9 Å². The lowest BCUT2D eigenvalue weighted by atomic mass is 9.95. The largest absolute Gasteiger partial charge is 0.341 e. The fourth-order valence-electron chi connectivity index (χ4n) is 3.64. The van der Waals surface area contributed by atoms with Gasteiger partial charge >= 0.3 is 0 Å². The quantitative estimate of drug-likeness (QED) is 0.702. The first-order valence-corrected chi connectivity index (χ1v) is 10.6. The summed E-state index contributed by atoms with van der Waals surface area (Å²) in [5.74, 6) is 1.58. The topological polar surface area (TPSA) is 49.3 Å². The molecule has 2 aromatic rings. The number of benzene rings is 1. The summed E-state index contributed by atoms with van der Waals surface area (Å²) in [5, 5.41) is 1.27. The lowest BCUT2D eigenvalue weighted by molar-refractivity contribution is -0.123. The molecule has 7 heteroatoms. The number of carbonyl (C=O) groups is 1. The van der Waals surface area contributed by atoms with Crippen LogP contribution in [0.2, 0.25) is 10.0 Å². The van der Waals surface area contributed by atoms with Crippen LogP contribution in [0.5, 0.6) is 0 Å². The van der Waals surface area contributed by atoms with Gasteiger partial charge in [-0.2, -0.15) is 0 Å². The lowest BCUT2D eigenvalue weighted by Gasteiger charge is -2.34. The average Bonchev–Trinajstić information content (AvgIpc) is 3.53. The molecule has 2 fully saturated rings. The smallest absolute Gasteiger partial charge is 0.230 e. The highest BCUT2D eigenvalue weighted by molar-refractivity contribution is 6.31. The van der Waals surface area contributed by atoms with Gasteiger partial charge in [-0.3, -0.25) is 4.79 Å². The van der Waals surface area contributed by atoms with E-state index >= 15 is 0 Å². The number of halogens is 2. The van der Waals surface area contributed by atoms with E-state index in [1.807, 2.05) is 36.1 Å². The Kier molecular flexibility index (Phi) is 5.74. The molecule has 0 unspecified atom stereocenters. The second-order valence-electron chi connectivity index (χ2n) is 7.73. The number of hydrogen-bond donors (Lipinski definition) is 0. The first kappa shape index (κ1) is 19.5. The van der Waals surface area contributed by atoms with Crippen LogP contribution in [-0.4, -0.2) is 35.5 Å². The van der Waals surface area contributed by atoms with E-state index in [-0.39, 0.29) is 11.8 Å². The third-order valence-electron chi connectivity index (χ3n) is 5.58. The van der Waals surface area contributed by atoms with E-state index in [2.05, 4.69) is 14.9 Å². The molecule has 0 radical (unpaired) electrons. The van der Waals surface area contributed by atoms with Crippen molar-refractivity contribution in [1.29, 1.82) is 0 Å². The fraction of sp³-hybridized carbons (Fsp3) is 0.476. The molecule has 1 aliphatic carbocycles. The third-order valence-corrected chi connectivity index (χ3v) is 6.20. The maximum Gasteiger partial charge on any atom is 0.230 e. The normalized spacial score (nSPS) is 17.6. The number of aryl methyl sites for hydroxylation is 1. The van der Waals surface area contributed by atoms with Crippen LogP contribution < -0.4 is 9.80 Å². The van der Waals surface area contributed by atoms with Crippen molar-refractivity contribution in [3.05, 3.63) is 46.2 Å². The molecule has 148 valence electrons. The van der Waals surface area contributed by atoms with Gasteiger partial charge < -0.3 is 9.80 Å². The number of nitrogens with zero attached hydrogens (tertiary/aromatic N) is 4. The SMILES string of the molecule is Cc1nc(N2CCC(C(=O)N(CC3CC3)c3ccc(Cl)cc3)CC2)ncc1Cl. The van der Waals surface area contributed by atoms with Gasteiger partial charge in [0, 0.05) is 36.3 Å². The van der Waals surface area contributed by atoms with Gasteiger partial charge in [0.1, 0.15) is 0 Å². The molecule has 0 bridgehead atoms. The summed E-state index contributed by atoms with van der Waals surface area (Å²) in [6.45, 7) is 4.23. The Balaban J connectivity index is 1.43. The number of hydrogen-bond acceptors (Lipinski definition) is 4. The van der Waals surface area contributed by atoms with Crippen molar-refractivity contribution >= 4 is 40.7 Å². The monoisotopic (exact) mass is 418 g/mol. The van der Waals surface area contributed by atoms with Crippen molar-refractivity contribution in [2.24, 2.45) is 11.8 Å². The molecule has 1 aromatic heterocycles. The Hall–Kier alpha value is -1.85. The summed E-state index contributed by atoms with van der Waals surface area (Å²) >= 11 is 12.1. The van der Waals surface area contributed by atoms with E-state index < -0.39 is 0 Å². The van der Waals surface area contributed by atoms with E-state index in [9.17, 15) is 4.79 Å². The van der Waals surface area contributed by atoms with Crippen molar-refractivity contribution in [3.8, 4) is 0 Å². The predicted octanol–water partition coefficient (Wildman–Crippen LogP) is 4.75. The Labute approximate surface area is 175 Å². The van der Waals surface area contributed by atoms with Gasteiger partial charge in [-0.25, -0.2) is 9.97 Å². The zero-order valence-electron chi connectivity index (χ0n) is 15.9. The lowest BCUT2D eigenvalue weighted by Crippen LogP contribution is -2.44. The minimum Gasteiger partial charge on any atom is -0.341 e. The Morgan fingerprint density at radius 1 is 1.14 bits per heavy atom. The number of rotatable bonds is 5. The molecule has 5 nitrogen and oxygen atoms in total. The van der Waals surface area contributed by atoms with Gasteiger partial charge in [-0.15, -0.1) is 0 Å². The van der Waals surface area contributed by atoms with Gasteiger partial charge in [0.05, 0.1) is 16.9 Å². The number of amides is 1. The highest BCUT2D eigenvalue weighted by Gasteiger charge is 2.33.